The van der Waals surface area contributed by atoms with E-state index in [1.165, 1.54) is 49.7 Å². The highest BCUT2D eigenvalue weighted by molar-refractivity contribution is 5.33. The summed E-state index contributed by atoms with van der Waals surface area (Å²) in [4.78, 5) is 0. The smallest absolute Gasteiger partial charge is 0.0795 e. The third-order valence-electron chi connectivity index (χ3n) is 4.68. The van der Waals surface area contributed by atoms with Crippen LogP contribution in [0, 0.1) is 5.92 Å². The van der Waals surface area contributed by atoms with Crippen molar-refractivity contribution in [3.05, 3.63) is 35.4 Å². The van der Waals surface area contributed by atoms with Crippen LogP contribution in [0.2, 0.25) is 0 Å². The van der Waals surface area contributed by atoms with Crippen LogP contribution in [0.4, 0.5) is 0 Å². The Labute approximate surface area is 104 Å². The lowest BCUT2D eigenvalue weighted by molar-refractivity contribution is 0.117. The zero-order valence-electron chi connectivity index (χ0n) is 10.4. The Kier molecular flexibility index (Phi) is 3.19. The highest BCUT2D eigenvalue weighted by Gasteiger charge is 2.27. The number of aliphatic hydroxyl groups is 1. The molecule has 1 aromatic carbocycles. The molecule has 1 nitrogen and oxygen atoms in total. The Hall–Kier alpha value is -0.820. The van der Waals surface area contributed by atoms with Crippen LogP contribution in [0.3, 0.4) is 0 Å². The molecule has 0 bridgehead atoms. The molecule has 0 aromatic heterocycles. The summed E-state index contributed by atoms with van der Waals surface area (Å²) in [7, 11) is 0. The summed E-state index contributed by atoms with van der Waals surface area (Å²) in [6.45, 7) is 0. The number of rotatable bonds is 4. The Morgan fingerprint density at radius 1 is 1.06 bits per heavy atom. The van der Waals surface area contributed by atoms with Crippen LogP contribution in [-0.2, 0) is 0 Å². The van der Waals surface area contributed by atoms with Crippen molar-refractivity contribution >= 4 is 0 Å². The minimum atomic E-state index is -0.225. The van der Waals surface area contributed by atoms with E-state index in [0.29, 0.717) is 0 Å². The van der Waals surface area contributed by atoms with E-state index in [4.69, 9.17) is 0 Å². The molecule has 1 unspecified atom stereocenters. The fraction of sp³-hybridized carbons (Fsp3) is 0.625. The second-order valence-electron chi connectivity index (χ2n) is 5.81. The molecule has 0 heterocycles. The van der Waals surface area contributed by atoms with E-state index >= 15 is 0 Å². The molecule has 1 atom stereocenters. The number of hydrogen-bond acceptors (Lipinski definition) is 1. The van der Waals surface area contributed by atoms with Crippen LogP contribution in [0.25, 0.3) is 0 Å². The quantitative estimate of drug-likeness (QED) is 0.822. The molecule has 0 saturated heterocycles. The topological polar surface area (TPSA) is 20.2 Å². The van der Waals surface area contributed by atoms with Gasteiger partial charge in [-0.15, -0.1) is 0 Å². The zero-order chi connectivity index (χ0) is 11.7. The minimum Gasteiger partial charge on any atom is -0.388 e. The Balaban J connectivity index is 1.75. The molecule has 2 aliphatic rings. The maximum Gasteiger partial charge on any atom is 0.0795 e. The molecule has 2 saturated carbocycles. The number of aliphatic hydroxyl groups excluding tert-OH is 1. The average molecular weight is 230 g/mol. The lowest BCUT2D eigenvalue weighted by Gasteiger charge is -2.32. The van der Waals surface area contributed by atoms with Crippen molar-refractivity contribution < 1.29 is 5.11 Å². The van der Waals surface area contributed by atoms with Crippen LogP contribution in [-0.4, -0.2) is 5.11 Å². The van der Waals surface area contributed by atoms with Crippen molar-refractivity contribution in [2.24, 2.45) is 5.92 Å². The molecule has 17 heavy (non-hydrogen) atoms. The Morgan fingerprint density at radius 3 is 2.35 bits per heavy atom. The van der Waals surface area contributed by atoms with Crippen molar-refractivity contribution in [1.82, 2.24) is 0 Å². The molecule has 92 valence electrons. The summed E-state index contributed by atoms with van der Waals surface area (Å²) in [6, 6.07) is 8.55. The van der Waals surface area contributed by atoms with E-state index in [-0.39, 0.29) is 6.10 Å². The van der Waals surface area contributed by atoms with Gasteiger partial charge in [-0.25, -0.2) is 0 Å². The summed E-state index contributed by atoms with van der Waals surface area (Å²) in [5.74, 6) is 1.50. The molecular formula is C16H22O. The maximum atomic E-state index is 10.4. The summed E-state index contributed by atoms with van der Waals surface area (Å²) in [5.41, 5.74) is 2.63. The normalized spacial score (nSPS) is 22.9. The van der Waals surface area contributed by atoms with Gasteiger partial charge < -0.3 is 5.11 Å². The van der Waals surface area contributed by atoms with Crippen molar-refractivity contribution in [1.29, 1.82) is 0 Å². The first-order valence-electron chi connectivity index (χ1n) is 7.11. The van der Waals surface area contributed by atoms with Gasteiger partial charge in [0.2, 0.25) is 0 Å². The Morgan fingerprint density at radius 2 is 1.76 bits per heavy atom. The molecule has 0 spiro atoms. The van der Waals surface area contributed by atoms with E-state index in [9.17, 15) is 5.11 Å². The van der Waals surface area contributed by atoms with Crippen molar-refractivity contribution in [2.75, 3.05) is 0 Å². The summed E-state index contributed by atoms with van der Waals surface area (Å²) in [5, 5.41) is 10.4. The van der Waals surface area contributed by atoms with E-state index in [1.54, 1.807) is 0 Å². The lowest BCUT2D eigenvalue weighted by atomic mass is 9.75. The first-order chi connectivity index (χ1) is 8.34. The van der Waals surface area contributed by atoms with Gasteiger partial charge in [-0.1, -0.05) is 49.9 Å². The highest BCUT2D eigenvalue weighted by Crippen LogP contribution is 2.41. The van der Waals surface area contributed by atoms with Gasteiger partial charge in [0.05, 0.1) is 6.10 Å². The summed E-state index contributed by atoms with van der Waals surface area (Å²) < 4.78 is 0. The SMILES string of the molecule is OC(CC1CCC1)c1ccccc1C1CCC1. The van der Waals surface area contributed by atoms with E-state index in [0.717, 1.165) is 18.3 Å². The molecule has 2 fully saturated rings. The second kappa shape index (κ2) is 4.81. The third kappa shape index (κ3) is 2.26. The predicted molar refractivity (Wildman–Crippen MR) is 70.0 cm³/mol. The summed E-state index contributed by atoms with van der Waals surface area (Å²) >= 11 is 0. The number of hydrogen-bond donors (Lipinski definition) is 1. The largest absolute Gasteiger partial charge is 0.388 e. The maximum absolute atomic E-state index is 10.4. The minimum absolute atomic E-state index is 0.225. The zero-order valence-corrected chi connectivity index (χ0v) is 10.4. The van der Waals surface area contributed by atoms with Gasteiger partial charge in [-0.05, 0) is 42.2 Å². The van der Waals surface area contributed by atoms with Crippen molar-refractivity contribution in [2.45, 2.75) is 57.0 Å². The van der Waals surface area contributed by atoms with E-state index in [1.807, 2.05) is 0 Å². The average Bonchev–Trinajstić information content (AvgIpc) is 2.21. The second-order valence-corrected chi connectivity index (χ2v) is 5.81. The molecule has 0 aliphatic heterocycles. The molecule has 0 amide bonds. The van der Waals surface area contributed by atoms with Gasteiger partial charge in [-0.3, -0.25) is 0 Å². The molecule has 3 rings (SSSR count). The number of benzene rings is 1. The van der Waals surface area contributed by atoms with Gasteiger partial charge >= 0.3 is 0 Å². The van der Waals surface area contributed by atoms with Crippen molar-refractivity contribution in [3.63, 3.8) is 0 Å². The van der Waals surface area contributed by atoms with E-state index in [2.05, 4.69) is 24.3 Å². The standard InChI is InChI=1S/C16H22O/c17-16(11-12-5-3-6-12)15-10-2-1-9-14(15)13-7-4-8-13/h1-2,9-10,12-13,16-17H,3-8,11H2. The fourth-order valence-electron chi connectivity index (χ4n) is 3.08. The monoisotopic (exact) mass is 230 g/mol. The fourth-order valence-corrected chi connectivity index (χ4v) is 3.08. The molecular weight excluding hydrogens is 208 g/mol. The van der Waals surface area contributed by atoms with Crippen LogP contribution < -0.4 is 0 Å². The van der Waals surface area contributed by atoms with Gasteiger partial charge in [0.25, 0.3) is 0 Å². The highest BCUT2D eigenvalue weighted by atomic mass is 16.3. The third-order valence-corrected chi connectivity index (χ3v) is 4.68. The first kappa shape index (κ1) is 11.3. The summed E-state index contributed by atoms with van der Waals surface area (Å²) in [6.07, 6.45) is 8.74. The van der Waals surface area contributed by atoms with Crippen LogP contribution in [0.15, 0.2) is 24.3 Å². The van der Waals surface area contributed by atoms with E-state index < -0.39 is 0 Å². The predicted octanol–water partition coefficient (Wildman–Crippen LogP) is 4.18. The molecule has 2 aliphatic carbocycles. The molecule has 1 N–H and O–H groups in total. The van der Waals surface area contributed by atoms with Crippen LogP contribution in [0.5, 0.6) is 0 Å². The Bertz CT molecular complexity index is 377. The van der Waals surface area contributed by atoms with Crippen LogP contribution >= 0.6 is 0 Å². The van der Waals surface area contributed by atoms with Gasteiger partial charge in [0.15, 0.2) is 0 Å². The van der Waals surface area contributed by atoms with Gasteiger partial charge in [0, 0.05) is 0 Å². The van der Waals surface area contributed by atoms with Gasteiger partial charge in [0.1, 0.15) is 0 Å². The van der Waals surface area contributed by atoms with Crippen LogP contribution in [0.1, 0.15) is 68.1 Å². The molecule has 1 aromatic rings. The lowest BCUT2D eigenvalue weighted by Crippen LogP contribution is -2.17. The first-order valence-corrected chi connectivity index (χ1v) is 7.11. The van der Waals surface area contributed by atoms with Crippen molar-refractivity contribution in [3.8, 4) is 0 Å². The van der Waals surface area contributed by atoms with Gasteiger partial charge in [-0.2, -0.15) is 0 Å². The molecule has 0 radical (unpaired) electrons. The molecule has 1 heteroatoms.